The lowest BCUT2D eigenvalue weighted by molar-refractivity contribution is -0.577. The van der Waals surface area contributed by atoms with Crippen LogP contribution in [0.15, 0.2) is 24.3 Å². The van der Waals surface area contributed by atoms with Crippen molar-refractivity contribution in [3.05, 3.63) is 29.8 Å². The number of fused-ring (bicyclic) bond motifs is 2. The molecule has 4 aliphatic heterocycles. The van der Waals surface area contributed by atoms with E-state index in [1.54, 1.807) is 20.8 Å². The van der Waals surface area contributed by atoms with Crippen molar-refractivity contribution < 1.29 is 43.0 Å². The third kappa shape index (κ3) is 8.96. The molecule has 5 fully saturated rings. The third-order valence-corrected chi connectivity index (χ3v) is 10.7. The van der Waals surface area contributed by atoms with Gasteiger partial charge >= 0.3 is 12.1 Å². The van der Waals surface area contributed by atoms with E-state index in [0.717, 1.165) is 36.9 Å². The van der Waals surface area contributed by atoms with Crippen molar-refractivity contribution in [1.82, 2.24) is 5.32 Å². The first kappa shape index (κ1) is 38.4. The van der Waals surface area contributed by atoms with Gasteiger partial charge in [-0.25, -0.2) is 19.4 Å². The Morgan fingerprint density at radius 1 is 1.02 bits per heavy atom. The number of nitrogens with one attached hydrogen (secondary N) is 1. The van der Waals surface area contributed by atoms with Gasteiger partial charge in [-0.3, -0.25) is 0 Å². The van der Waals surface area contributed by atoms with E-state index in [0.29, 0.717) is 43.8 Å². The Hall–Kier alpha value is -1.86. The number of rotatable bonds is 14. The first-order valence-electron chi connectivity index (χ1n) is 17.7. The van der Waals surface area contributed by atoms with Gasteiger partial charge in [-0.15, -0.1) is 23.2 Å². The topological polar surface area (TPSA) is 114 Å². The summed E-state index contributed by atoms with van der Waals surface area (Å²) in [6.45, 7) is 13.4. The fourth-order valence-electron chi connectivity index (χ4n) is 7.89. The summed E-state index contributed by atoms with van der Waals surface area (Å²) in [5.74, 6) is 0.524. The Balaban J connectivity index is 1.16. The maximum Gasteiger partial charge on any atom is 0.408 e. The molecule has 6 rings (SSSR count). The number of ether oxygens (including phenoxy) is 5. The number of alkyl carbamates (subject to hydrolysis) is 1. The molecular formula is C36H54Cl2N2O9. The maximum atomic E-state index is 13.3. The van der Waals surface area contributed by atoms with E-state index in [4.69, 9.17) is 56.7 Å². The quantitative estimate of drug-likeness (QED) is 0.0978. The zero-order valence-electron chi connectivity index (χ0n) is 29.7. The fraction of sp³-hybridized carbons (Fsp3) is 0.778. The maximum absolute atomic E-state index is 13.3. The Morgan fingerprint density at radius 3 is 2.41 bits per heavy atom. The van der Waals surface area contributed by atoms with Crippen molar-refractivity contribution in [3.8, 4) is 0 Å². The number of hydrogen-bond donors (Lipinski definition) is 1. The lowest BCUT2D eigenvalue weighted by Crippen LogP contribution is -2.70. The summed E-state index contributed by atoms with van der Waals surface area (Å²) in [5, 5.41) is 2.70. The van der Waals surface area contributed by atoms with E-state index in [1.165, 1.54) is 0 Å². The molecule has 1 N–H and O–H groups in total. The van der Waals surface area contributed by atoms with E-state index in [1.807, 2.05) is 31.2 Å². The normalized spacial score (nSPS) is 32.8. The van der Waals surface area contributed by atoms with Crippen LogP contribution in [0.3, 0.4) is 0 Å². The van der Waals surface area contributed by atoms with Gasteiger partial charge in [0.1, 0.15) is 11.6 Å². The van der Waals surface area contributed by atoms with E-state index < -0.39 is 47.7 Å². The molecule has 276 valence electrons. The summed E-state index contributed by atoms with van der Waals surface area (Å²) in [6, 6.07) is 6.80. The van der Waals surface area contributed by atoms with E-state index in [-0.39, 0.29) is 30.8 Å². The summed E-state index contributed by atoms with van der Waals surface area (Å²) in [5.41, 5.74) is 0.452. The van der Waals surface area contributed by atoms with Crippen molar-refractivity contribution in [2.75, 3.05) is 43.0 Å². The summed E-state index contributed by atoms with van der Waals surface area (Å²) in [6.07, 6.45) is 2.71. The third-order valence-electron chi connectivity index (χ3n) is 10.3. The average Bonchev–Trinajstić information content (AvgIpc) is 3.27. The molecule has 4 saturated heterocycles. The zero-order chi connectivity index (χ0) is 35.4. The molecule has 1 aromatic rings. The highest BCUT2D eigenvalue weighted by molar-refractivity contribution is 6.18. The van der Waals surface area contributed by atoms with Gasteiger partial charge in [0.2, 0.25) is 5.79 Å². The standard InChI is InChI=1S/C36H54Cl2N2O9/c1-23-8-13-28-24(2)31(45-32-36(28)27(23)14-15-35(6,46-32)48-49-36)44-21-7-20-43-30(41)29(39-33(42)47-34(3,4)5)22-25-9-11-26(12-10-25)40(18-16-37)19-17-38/h9-12,23-24,27-29,31-32H,7-8,13-22H2,1-6H3,(H,39,42)/t23-,24-,27+,28+,29+,31-,32-,35-,36-/m1/s1. The highest BCUT2D eigenvalue weighted by Crippen LogP contribution is 2.60. The molecule has 5 aliphatic rings. The molecule has 4 heterocycles. The van der Waals surface area contributed by atoms with Gasteiger partial charge in [-0.05, 0) is 76.5 Å². The minimum atomic E-state index is -0.950. The summed E-state index contributed by atoms with van der Waals surface area (Å²) in [4.78, 5) is 40.2. The molecule has 13 heteroatoms. The van der Waals surface area contributed by atoms with Gasteiger partial charge in [-0.1, -0.05) is 26.0 Å². The van der Waals surface area contributed by atoms with Crippen molar-refractivity contribution >= 4 is 41.0 Å². The summed E-state index contributed by atoms with van der Waals surface area (Å²) < 4.78 is 30.3. The van der Waals surface area contributed by atoms with Crippen LogP contribution in [0.5, 0.6) is 0 Å². The molecule has 0 aromatic heterocycles. The number of alkyl halides is 2. The van der Waals surface area contributed by atoms with Gasteiger partial charge in [0.15, 0.2) is 18.2 Å². The fourth-order valence-corrected chi connectivity index (χ4v) is 8.30. The lowest BCUT2D eigenvalue weighted by Gasteiger charge is -2.60. The molecule has 0 unspecified atom stereocenters. The minimum Gasteiger partial charge on any atom is -0.464 e. The lowest BCUT2D eigenvalue weighted by atomic mass is 9.58. The number of carbonyl (C=O) groups is 2. The highest BCUT2D eigenvalue weighted by atomic mass is 35.5. The Labute approximate surface area is 300 Å². The largest absolute Gasteiger partial charge is 0.464 e. The number of hydrogen-bond acceptors (Lipinski definition) is 10. The van der Waals surface area contributed by atoms with Crippen LogP contribution in [0.25, 0.3) is 0 Å². The number of nitrogens with zero attached hydrogens (tertiary/aromatic N) is 1. The van der Waals surface area contributed by atoms with Gasteiger partial charge < -0.3 is 33.9 Å². The molecule has 11 nitrogen and oxygen atoms in total. The number of benzene rings is 1. The SMILES string of the molecule is C[C@H]1[C@H](OCCCOC(=O)[C@H](Cc2ccc(N(CCCl)CCCl)cc2)NC(=O)OC(C)(C)C)O[C@@H]2O[C@@]3(C)CC[C@H]4[C@H](C)CC[C@@H]1[C@@]24OO3. The molecule has 1 spiro atoms. The van der Waals surface area contributed by atoms with Crippen LogP contribution in [-0.2, 0) is 44.7 Å². The van der Waals surface area contributed by atoms with Crippen molar-refractivity contribution in [3.63, 3.8) is 0 Å². The van der Waals surface area contributed by atoms with Crippen LogP contribution in [0.1, 0.15) is 79.2 Å². The van der Waals surface area contributed by atoms with Gasteiger partial charge in [0.25, 0.3) is 0 Å². The molecular weight excluding hydrogens is 675 g/mol. The Morgan fingerprint density at radius 2 is 1.73 bits per heavy atom. The molecule has 1 saturated carbocycles. The van der Waals surface area contributed by atoms with Gasteiger partial charge in [0, 0.05) is 61.6 Å². The molecule has 1 amide bonds. The second-order valence-electron chi connectivity index (χ2n) is 15.1. The van der Waals surface area contributed by atoms with Crippen LogP contribution < -0.4 is 10.2 Å². The molecule has 1 aromatic carbocycles. The smallest absolute Gasteiger partial charge is 0.408 e. The molecule has 1 aliphatic carbocycles. The van der Waals surface area contributed by atoms with Crippen molar-refractivity contribution in [1.29, 1.82) is 0 Å². The van der Waals surface area contributed by atoms with Crippen LogP contribution in [0.4, 0.5) is 10.5 Å². The van der Waals surface area contributed by atoms with E-state index in [9.17, 15) is 9.59 Å². The first-order valence-corrected chi connectivity index (χ1v) is 18.8. The number of esters is 1. The van der Waals surface area contributed by atoms with Gasteiger partial charge in [-0.2, -0.15) is 0 Å². The van der Waals surface area contributed by atoms with Crippen LogP contribution in [0.2, 0.25) is 0 Å². The number of anilines is 1. The second kappa shape index (κ2) is 16.2. The van der Waals surface area contributed by atoms with Crippen LogP contribution in [0, 0.1) is 23.7 Å². The Kier molecular flexibility index (Phi) is 12.7. The average molecular weight is 730 g/mol. The molecule has 0 radical (unpaired) electrons. The highest BCUT2D eigenvalue weighted by Gasteiger charge is 2.69. The van der Waals surface area contributed by atoms with Crippen molar-refractivity contribution in [2.45, 2.75) is 116 Å². The number of halogens is 2. The monoisotopic (exact) mass is 728 g/mol. The first-order chi connectivity index (χ1) is 23.3. The van der Waals surface area contributed by atoms with E-state index in [2.05, 4.69) is 24.1 Å². The minimum absolute atomic E-state index is 0.0502. The van der Waals surface area contributed by atoms with Crippen LogP contribution in [-0.4, -0.2) is 85.7 Å². The zero-order valence-corrected chi connectivity index (χ0v) is 31.2. The molecule has 49 heavy (non-hydrogen) atoms. The Bertz CT molecular complexity index is 1260. The summed E-state index contributed by atoms with van der Waals surface area (Å²) in [7, 11) is 0. The van der Waals surface area contributed by atoms with Crippen molar-refractivity contribution in [2.24, 2.45) is 23.7 Å². The predicted molar refractivity (Wildman–Crippen MR) is 185 cm³/mol. The molecule has 2 bridgehead atoms. The summed E-state index contributed by atoms with van der Waals surface area (Å²) >= 11 is 11.9. The predicted octanol–water partition coefficient (Wildman–Crippen LogP) is 6.56. The van der Waals surface area contributed by atoms with Gasteiger partial charge in [0.05, 0.1) is 13.2 Å². The van der Waals surface area contributed by atoms with E-state index >= 15 is 0 Å². The number of amides is 1. The van der Waals surface area contributed by atoms with Crippen LogP contribution >= 0.6 is 23.2 Å². The molecule has 9 atom stereocenters. The second-order valence-corrected chi connectivity index (χ2v) is 15.9. The number of carbonyl (C=O) groups excluding carboxylic acids is 2.